The Labute approximate surface area is 436 Å². The molecule has 17 nitrogen and oxygen atoms in total. The molecule has 8 heterocycles. The summed E-state index contributed by atoms with van der Waals surface area (Å²) in [6, 6.07) is 5.58. The van der Waals surface area contributed by atoms with Crippen LogP contribution in [-0.2, 0) is 19.1 Å². The average molecular weight is 1050 g/mol. The minimum atomic E-state index is -0.892. The number of benzene rings is 1. The van der Waals surface area contributed by atoms with Gasteiger partial charge in [0.25, 0.3) is 0 Å². The highest BCUT2D eigenvalue weighted by molar-refractivity contribution is 7.13. The van der Waals surface area contributed by atoms with Gasteiger partial charge in [0.15, 0.2) is 11.0 Å². The average Bonchev–Trinajstić information content (AvgIpc) is 4.18. The Hall–Kier alpha value is -5.24. The Morgan fingerprint density at radius 3 is 2.38 bits per heavy atom. The molecule has 3 aromatic heterocycles. The molecule has 394 valence electrons. The Bertz CT molecular complexity index is 2680. The van der Waals surface area contributed by atoms with E-state index in [1.54, 1.807) is 16.2 Å². The number of aryl methyl sites for hydroxylation is 1. The number of hydrogen-bond donors (Lipinski definition) is 2. The molecule has 9 rings (SSSR count). The van der Waals surface area contributed by atoms with Gasteiger partial charge in [-0.1, -0.05) is 56.6 Å². The number of nitrogens with one attached hydrogen (secondary N) is 1. The number of halogens is 2. The lowest BCUT2D eigenvalue weighted by atomic mass is 9.83. The van der Waals surface area contributed by atoms with E-state index in [-0.39, 0.29) is 90.3 Å². The van der Waals surface area contributed by atoms with Gasteiger partial charge in [-0.15, -0.1) is 11.3 Å². The molecule has 0 spiro atoms. The van der Waals surface area contributed by atoms with Crippen LogP contribution in [0.4, 0.5) is 15.0 Å². The van der Waals surface area contributed by atoms with Crippen molar-refractivity contribution in [3.63, 3.8) is 0 Å². The van der Waals surface area contributed by atoms with Crippen molar-refractivity contribution in [2.75, 3.05) is 44.2 Å². The quantitative estimate of drug-likeness (QED) is 0.117. The van der Waals surface area contributed by atoms with Crippen LogP contribution in [-0.4, -0.2) is 156 Å². The van der Waals surface area contributed by atoms with E-state index in [9.17, 15) is 24.3 Å². The van der Waals surface area contributed by atoms with Crippen molar-refractivity contribution < 1.29 is 38.1 Å². The van der Waals surface area contributed by atoms with Crippen molar-refractivity contribution in [2.45, 2.75) is 167 Å². The van der Waals surface area contributed by atoms with E-state index in [0.29, 0.717) is 43.6 Å². The SMILES string of the molecule is Cc1ncsc1-c1ccc([C@H](C)NC(=O)[C@@H]2C[C@@H](O)CN2C(=O)[C@@H](N2C(=O)CC[C@@H]2CCCN2CCC[C@H]2COc2nc(N3CC4CCC(C3)N4C(=O)OC(C)(C)C)c3cnc(Cl)c(F)c3n2)C(C)(C)C)cc1. The summed E-state index contributed by atoms with van der Waals surface area (Å²) in [4.78, 5) is 84.4. The second kappa shape index (κ2) is 21.2. The van der Waals surface area contributed by atoms with Crippen LogP contribution in [0.2, 0.25) is 5.15 Å². The summed E-state index contributed by atoms with van der Waals surface area (Å²) in [5.74, 6) is -1.04. The summed E-state index contributed by atoms with van der Waals surface area (Å²) in [5, 5.41) is 14.2. The fourth-order valence-electron chi connectivity index (χ4n) is 11.7. The monoisotopic (exact) mass is 1040 g/mol. The fourth-order valence-corrected chi connectivity index (χ4v) is 12.7. The van der Waals surface area contributed by atoms with E-state index >= 15 is 4.39 Å². The van der Waals surface area contributed by atoms with Crippen LogP contribution in [0.15, 0.2) is 36.0 Å². The number of β-amino-alcohol motifs (C(OH)–C–C–N with tert-alkyl or cyclic N) is 1. The number of nitrogens with zero attached hydrogens (tertiary/aromatic N) is 9. The second-order valence-electron chi connectivity index (χ2n) is 22.7. The third-order valence-electron chi connectivity index (χ3n) is 15.2. The summed E-state index contributed by atoms with van der Waals surface area (Å²) < 4.78 is 27.8. The van der Waals surface area contributed by atoms with Gasteiger partial charge in [-0.05, 0) is 109 Å². The summed E-state index contributed by atoms with van der Waals surface area (Å²) in [7, 11) is 0. The molecular weight excluding hydrogens is 975 g/mol. The van der Waals surface area contributed by atoms with E-state index in [0.717, 1.165) is 66.9 Å². The summed E-state index contributed by atoms with van der Waals surface area (Å²) in [5.41, 5.74) is 3.47. The predicted molar refractivity (Wildman–Crippen MR) is 277 cm³/mol. The molecule has 5 fully saturated rings. The maximum atomic E-state index is 15.7. The lowest BCUT2D eigenvalue weighted by Gasteiger charge is -2.43. The fraction of sp³-hybridized carbons (Fsp3) is 0.623. The molecule has 1 aromatic carbocycles. The highest BCUT2D eigenvalue weighted by Gasteiger charge is 2.50. The number of aromatic nitrogens is 4. The molecule has 0 radical (unpaired) electrons. The molecule has 5 aliphatic heterocycles. The van der Waals surface area contributed by atoms with Crippen LogP contribution in [0.5, 0.6) is 6.01 Å². The minimum absolute atomic E-state index is 0.00508. The number of piperazine rings is 1. The number of anilines is 1. The number of ether oxygens (including phenoxy) is 2. The topological polar surface area (TPSA) is 187 Å². The third-order valence-corrected chi connectivity index (χ3v) is 16.5. The molecule has 5 aliphatic rings. The molecule has 5 saturated heterocycles. The van der Waals surface area contributed by atoms with Crippen molar-refractivity contribution in [2.24, 2.45) is 5.41 Å². The summed E-state index contributed by atoms with van der Waals surface area (Å²) in [6.45, 7) is 18.1. The van der Waals surface area contributed by atoms with E-state index in [1.807, 2.05) is 90.1 Å². The maximum Gasteiger partial charge on any atom is 0.410 e. The zero-order valence-electron chi connectivity index (χ0n) is 43.3. The van der Waals surface area contributed by atoms with E-state index in [4.69, 9.17) is 26.1 Å². The first-order valence-electron chi connectivity index (χ1n) is 25.9. The van der Waals surface area contributed by atoms with Gasteiger partial charge in [0.2, 0.25) is 17.7 Å². The van der Waals surface area contributed by atoms with Gasteiger partial charge >= 0.3 is 12.1 Å². The van der Waals surface area contributed by atoms with Gasteiger partial charge < -0.3 is 34.6 Å². The van der Waals surface area contributed by atoms with Gasteiger partial charge in [-0.3, -0.25) is 24.2 Å². The number of carbonyl (C=O) groups is 4. The molecule has 0 aliphatic carbocycles. The normalized spacial score (nSPS) is 24.5. The van der Waals surface area contributed by atoms with Crippen molar-refractivity contribution in [3.05, 3.63) is 58.2 Å². The van der Waals surface area contributed by atoms with Crippen LogP contribution in [0.3, 0.4) is 0 Å². The molecule has 8 atom stereocenters. The molecule has 4 aromatic rings. The molecule has 2 N–H and O–H groups in total. The molecule has 4 amide bonds. The molecule has 73 heavy (non-hydrogen) atoms. The number of likely N-dealkylation sites (tertiary alicyclic amines) is 3. The maximum absolute atomic E-state index is 15.7. The second-order valence-corrected chi connectivity index (χ2v) is 23.9. The zero-order chi connectivity index (χ0) is 52.1. The van der Waals surface area contributed by atoms with Gasteiger partial charge in [0.1, 0.15) is 35.6 Å². The zero-order valence-corrected chi connectivity index (χ0v) is 44.8. The number of hydrogen-bond acceptors (Lipinski definition) is 14. The van der Waals surface area contributed by atoms with Crippen LogP contribution in [0.1, 0.15) is 124 Å². The number of carbonyl (C=O) groups excluding carboxylic acids is 4. The van der Waals surface area contributed by atoms with E-state index < -0.39 is 35.0 Å². The van der Waals surface area contributed by atoms with Crippen molar-refractivity contribution in [1.82, 2.24) is 44.9 Å². The summed E-state index contributed by atoms with van der Waals surface area (Å²) in [6.07, 6.45) is 6.21. The minimum Gasteiger partial charge on any atom is -0.462 e. The number of rotatable bonds is 14. The number of thiazole rings is 1. The molecule has 2 unspecified atom stereocenters. The van der Waals surface area contributed by atoms with Crippen molar-refractivity contribution in [3.8, 4) is 16.5 Å². The Kier molecular flexibility index (Phi) is 15.3. The van der Waals surface area contributed by atoms with Crippen molar-refractivity contribution >= 4 is 63.5 Å². The Morgan fingerprint density at radius 1 is 0.986 bits per heavy atom. The van der Waals surface area contributed by atoms with Crippen LogP contribution in [0, 0.1) is 18.2 Å². The number of aliphatic hydroxyl groups is 1. The first-order valence-corrected chi connectivity index (χ1v) is 27.2. The lowest BCUT2D eigenvalue weighted by molar-refractivity contribution is -0.152. The summed E-state index contributed by atoms with van der Waals surface area (Å²) >= 11 is 7.76. The molecular formula is C53H70ClFN10O7S. The number of fused-ring (bicyclic) bond motifs is 3. The first-order chi connectivity index (χ1) is 34.6. The number of pyridine rings is 1. The first kappa shape index (κ1) is 52.6. The van der Waals surface area contributed by atoms with Crippen LogP contribution < -0.4 is 15.0 Å². The standard InChI is InChI=1S/C53H70ClFN10O7S/c1-30(32-13-15-33(16-14-32)44-31(2)57-29-73-44)58-48(68)40-23-38(66)27-63(40)49(69)45(52(3,4)5)65-34(19-20-41(65)67)11-9-21-61-22-10-12-37(61)28-71-50-59-43-39(24-56-46(54)42(43)55)47(60-50)62-25-35-17-18-36(26-62)64(35)51(70)72-53(6,7)8/h13-16,24,29-30,34-38,40,45,66H,9-12,17-23,25-28H2,1-8H3,(H,58,68)/t30-,34-,35?,36?,37-,38+,40-,45+/m0/s1. The van der Waals surface area contributed by atoms with Gasteiger partial charge in [-0.2, -0.15) is 9.97 Å². The highest BCUT2D eigenvalue weighted by atomic mass is 35.5. The third kappa shape index (κ3) is 11.2. The largest absolute Gasteiger partial charge is 0.462 e. The van der Waals surface area contributed by atoms with Crippen molar-refractivity contribution in [1.29, 1.82) is 0 Å². The Balaban J connectivity index is 0.832. The predicted octanol–water partition coefficient (Wildman–Crippen LogP) is 7.71. The molecule has 0 saturated carbocycles. The van der Waals surface area contributed by atoms with E-state index in [2.05, 4.69) is 30.1 Å². The van der Waals surface area contributed by atoms with E-state index in [1.165, 1.54) is 11.1 Å². The Morgan fingerprint density at radius 2 is 1.71 bits per heavy atom. The lowest BCUT2D eigenvalue weighted by Crippen LogP contribution is -2.59. The highest BCUT2D eigenvalue weighted by Crippen LogP contribution is 2.39. The van der Waals surface area contributed by atoms with Gasteiger partial charge in [-0.25, -0.2) is 19.2 Å². The van der Waals surface area contributed by atoms with Crippen LogP contribution in [0.25, 0.3) is 21.3 Å². The van der Waals surface area contributed by atoms with Gasteiger partial charge in [0, 0.05) is 50.8 Å². The molecule has 20 heteroatoms. The molecule has 2 bridgehead atoms. The van der Waals surface area contributed by atoms with Crippen LogP contribution >= 0.6 is 22.9 Å². The number of aliphatic hydroxyl groups excluding tert-OH is 1. The smallest absolute Gasteiger partial charge is 0.410 e. The van der Waals surface area contributed by atoms with Gasteiger partial charge in [0.05, 0.1) is 45.7 Å². The number of amides is 4.